The number of fused-ring (bicyclic) bond motifs is 1. The summed E-state index contributed by atoms with van der Waals surface area (Å²) in [4.78, 5) is 15.2. The van der Waals surface area contributed by atoms with E-state index < -0.39 is 21.7 Å². The summed E-state index contributed by atoms with van der Waals surface area (Å²) in [6.07, 6.45) is 0. The summed E-state index contributed by atoms with van der Waals surface area (Å²) in [5.41, 5.74) is 1.74. The molecular weight excluding hydrogens is 357 g/mol. The number of halogens is 1. The van der Waals surface area contributed by atoms with Crippen molar-refractivity contribution in [2.24, 2.45) is 0 Å². The lowest BCUT2D eigenvalue weighted by Crippen LogP contribution is -2.32. The number of urea groups is 1. The van der Waals surface area contributed by atoms with Gasteiger partial charge in [0.25, 0.3) is 0 Å². The fourth-order valence-electron chi connectivity index (χ4n) is 2.76. The largest absolute Gasteiger partial charge is 0.358 e. The summed E-state index contributed by atoms with van der Waals surface area (Å²) < 4.78 is 38.2. The average molecular weight is 375 g/mol. The second-order valence-corrected chi connectivity index (χ2v) is 7.88. The smallest absolute Gasteiger partial charge is 0.319 e. The summed E-state index contributed by atoms with van der Waals surface area (Å²) in [5, 5.41) is 5.65. The SMILES string of the molecule is Cc1[nH]c2ccccc2c1S(=O)(=O)CCNC(=O)Nc1ccc(F)cc1. The molecule has 136 valence electrons. The Balaban J connectivity index is 1.64. The van der Waals surface area contributed by atoms with Gasteiger partial charge in [0.1, 0.15) is 5.82 Å². The molecule has 0 saturated heterocycles. The Morgan fingerprint density at radius 3 is 2.54 bits per heavy atom. The summed E-state index contributed by atoms with van der Waals surface area (Å²) >= 11 is 0. The van der Waals surface area contributed by atoms with Crippen molar-refractivity contribution in [2.75, 3.05) is 17.6 Å². The zero-order chi connectivity index (χ0) is 18.7. The molecule has 0 spiro atoms. The third kappa shape index (κ3) is 3.85. The first-order valence-corrected chi connectivity index (χ1v) is 9.62. The highest BCUT2D eigenvalue weighted by atomic mass is 32.2. The van der Waals surface area contributed by atoms with E-state index in [0.29, 0.717) is 16.8 Å². The van der Waals surface area contributed by atoms with Crippen LogP contribution >= 0.6 is 0 Å². The first-order chi connectivity index (χ1) is 12.4. The van der Waals surface area contributed by atoms with E-state index in [1.807, 2.05) is 12.1 Å². The molecule has 1 heterocycles. The van der Waals surface area contributed by atoms with Crippen LogP contribution in [-0.4, -0.2) is 31.7 Å². The van der Waals surface area contributed by atoms with Gasteiger partial charge in [0.2, 0.25) is 0 Å². The van der Waals surface area contributed by atoms with Crippen molar-refractivity contribution in [1.82, 2.24) is 10.3 Å². The second-order valence-electron chi connectivity index (χ2n) is 5.83. The minimum absolute atomic E-state index is 0.0473. The van der Waals surface area contributed by atoms with Crippen molar-refractivity contribution in [3.05, 3.63) is 60.0 Å². The van der Waals surface area contributed by atoms with E-state index in [-0.39, 0.29) is 17.2 Å². The van der Waals surface area contributed by atoms with Gasteiger partial charge in [-0.1, -0.05) is 18.2 Å². The summed E-state index contributed by atoms with van der Waals surface area (Å²) in [6.45, 7) is 1.66. The van der Waals surface area contributed by atoms with E-state index in [9.17, 15) is 17.6 Å². The summed E-state index contributed by atoms with van der Waals surface area (Å²) in [5.74, 6) is -0.636. The lowest BCUT2D eigenvalue weighted by atomic mass is 10.2. The normalized spacial score (nSPS) is 11.5. The minimum Gasteiger partial charge on any atom is -0.358 e. The molecule has 26 heavy (non-hydrogen) atoms. The topological polar surface area (TPSA) is 91.1 Å². The molecule has 0 fully saturated rings. The molecule has 6 nitrogen and oxygen atoms in total. The highest BCUT2D eigenvalue weighted by Gasteiger charge is 2.22. The van der Waals surface area contributed by atoms with Crippen LogP contribution in [-0.2, 0) is 9.84 Å². The second kappa shape index (κ2) is 7.17. The molecule has 3 aromatic rings. The van der Waals surface area contributed by atoms with E-state index in [1.165, 1.54) is 24.3 Å². The van der Waals surface area contributed by atoms with Crippen LogP contribution in [0.15, 0.2) is 53.4 Å². The van der Waals surface area contributed by atoms with Crippen LogP contribution in [0.25, 0.3) is 10.9 Å². The van der Waals surface area contributed by atoms with Crippen LogP contribution in [0, 0.1) is 12.7 Å². The standard InChI is InChI=1S/C18H18FN3O3S/c1-12-17(15-4-2-3-5-16(15)21-12)26(24,25)11-10-20-18(23)22-14-8-6-13(19)7-9-14/h2-9,21H,10-11H2,1H3,(H2,20,22,23). The molecule has 2 amide bonds. The van der Waals surface area contributed by atoms with Crippen molar-refractivity contribution >= 4 is 32.5 Å². The van der Waals surface area contributed by atoms with E-state index in [1.54, 1.807) is 19.1 Å². The van der Waals surface area contributed by atoms with E-state index in [2.05, 4.69) is 15.6 Å². The van der Waals surface area contributed by atoms with E-state index in [4.69, 9.17) is 0 Å². The molecule has 0 saturated carbocycles. The van der Waals surface area contributed by atoms with Crippen molar-refractivity contribution in [2.45, 2.75) is 11.8 Å². The van der Waals surface area contributed by atoms with Gasteiger partial charge < -0.3 is 15.6 Å². The van der Waals surface area contributed by atoms with Crippen LogP contribution < -0.4 is 10.6 Å². The minimum atomic E-state index is -3.57. The van der Waals surface area contributed by atoms with Gasteiger partial charge in [0.15, 0.2) is 9.84 Å². The number of anilines is 1. The van der Waals surface area contributed by atoms with Crippen LogP contribution in [0.3, 0.4) is 0 Å². The Labute approximate surface area is 150 Å². The number of amides is 2. The Morgan fingerprint density at radius 2 is 1.81 bits per heavy atom. The quantitative estimate of drug-likeness (QED) is 0.639. The number of rotatable bonds is 5. The number of aromatic nitrogens is 1. The molecule has 1 aromatic heterocycles. The molecule has 0 aliphatic rings. The fraction of sp³-hybridized carbons (Fsp3) is 0.167. The zero-order valence-corrected chi connectivity index (χ0v) is 14.9. The number of hydrogen-bond donors (Lipinski definition) is 3. The molecule has 3 N–H and O–H groups in total. The van der Waals surface area contributed by atoms with E-state index in [0.717, 1.165) is 5.52 Å². The van der Waals surface area contributed by atoms with E-state index >= 15 is 0 Å². The molecule has 0 aliphatic heterocycles. The maximum Gasteiger partial charge on any atom is 0.319 e. The Morgan fingerprint density at radius 1 is 1.12 bits per heavy atom. The highest BCUT2D eigenvalue weighted by Crippen LogP contribution is 2.27. The highest BCUT2D eigenvalue weighted by molar-refractivity contribution is 7.91. The molecule has 8 heteroatoms. The number of benzene rings is 2. The number of carbonyl (C=O) groups is 1. The summed E-state index contributed by atoms with van der Waals surface area (Å²) in [6, 6.07) is 11.9. The molecule has 0 radical (unpaired) electrons. The number of carbonyl (C=O) groups excluding carboxylic acids is 1. The predicted molar refractivity (Wildman–Crippen MR) is 98.5 cm³/mol. The maximum atomic E-state index is 12.8. The van der Waals surface area contributed by atoms with Gasteiger partial charge >= 0.3 is 6.03 Å². The number of nitrogens with one attached hydrogen (secondary N) is 3. The van der Waals surface area contributed by atoms with Crippen molar-refractivity contribution in [3.63, 3.8) is 0 Å². The van der Waals surface area contributed by atoms with Gasteiger partial charge in [-0.15, -0.1) is 0 Å². The molecule has 0 bridgehead atoms. The third-order valence-corrected chi connectivity index (χ3v) is 5.79. The molecule has 2 aromatic carbocycles. The van der Waals surface area contributed by atoms with Gasteiger partial charge in [-0.2, -0.15) is 0 Å². The first kappa shape index (κ1) is 17.9. The number of para-hydroxylation sites is 1. The van der Waals surface area contributed by atoms with Crippen LogP contribution in [0.2, 0.25) is 0 Å². The molecule has 3 rings (SSSR count). The van der Waals surface area contributed by atoms with Crippen molar-refractivity contribution < 1.29 is 17.6 Å². The number of aryl methyl sites for hydroxylation is 1. The average Bonchev–Trinajstić information content (AvgIpc) is 2.93. The fourth-order valence-corrected chi connectivity index (χ4v) is 4.37. The molecule has 0 aliphatic carbocycles. The van der Waals surface area contributed by atoms with Crippen LogP contribution in [0.1, 0.15) is 5.69 Å². The zero-order valence-electron chi connectivity index (χ0n) is 14.0. The van der Waals surface area contributed by atoms with Crippen LogP contribution in [0.5, 0.6) is 0 Å². The number of sulfone groups is 1. The first-order valence-electron chi connectivity index (χ1n) is 7.97. The molecule has 0 atom stereocenters. The predicted octanol–water partition coefficient (Wildman–Crippen LogP) is 3.21. The van der Waals surface area contributed by atoms with Crippen LogP contribution in [0.4, 0.5) is 14.9 Å². The number of H-pyrrole nitrogens is 1. The molecular formula is C18H18FN3O3S. The Hall–Kier alpha value is -2.87. The monoisotopic (exact) mass is 375 g/mol. The Kier molecular flexibility index (Phi) is 4.94. The maximum absolute atomic E-state index is 12.8. The lowest BCUT2D eigenvalue weighted by molar-refractivity contribution is 0.252. The van der Waals surface area contributed by atoms with Gasteiger partial charge in [0.05, 0.1) is 10.6 Å². The summed E-state index contributed by atoms with van der Waals surface area (Å²) in [7, 11) is -3.57. The molecule has 0 unspecified atom stereocenters. The lowest BCUT2D eigenvalue weighted by Gasteiger charge is -2.08. The Bertz CT molecular complexity index is 1040. The van der Waals surface area contributed by atoms with Gasteiger partial charge in [-0.3, -0.25) is 0 Å². The van der Waals surface area contributed by atoms with Crippen molar-refractivity contribution in [3.8, 4) is 0 Å². The van der Waals surface area contributed by atoms with Gasteiger partial charge in [0, 0.05) is 28.8 Å². The number of hydrogen-bond acceptors (Lipinski definition) is 3. The van der Waals surface area contributed by atoms with Crippen molar-refractivity contribution in [1.29, 1.82) is 0 Å². The van der Waals surface area contributed by atoms with Gasteiger partial charge in [-0.25, -0.2) is 17.6 Å². The third-order valence-electron chi connectivity index (χ3n) is 3.90. The number of aromatic amines is 1. The van der Waals surface area contributed by atoms with Gasteiger partial charge in [-0.05, 0) is 37.3 Å².